The van der Waals surface area contributed by atoms with Crippen LogP contribution in [0.4, 0.5) is 18.9 Å². The lowest BCUT2D eigenvalue weighted by Crippen LogP contribution is -2.58. The number of alkyl halides is 3. The van der Waals surface area contributed by atoms with Crippen LogP contribution in [0.3, 0.4) is 0 Å². The Bertz CT molecular complexity index is 827. The van der Waals surface area contributed by atoms with Crippen LogP contribution in [0, 0.1) is 0 Å². The van der Waals surface area contributed by atoms with E-state index in [1.165, 1.54) is 36.7 Å². The molecule has 1 aliphatic carbocycles. The number of anilines is 1. The minimum Gasteiger partial charge on any atom is -0.506 e. The molecule has 0 amide bonds. The molecule has 0 aliphatic heterocycles. The van der Waals surface area contributed by atoms with Crippen LogP contribution in [0.25, 0.3) is 0 Å². The molecule has 140 valence electrons. The fourth-order valence-corrected chi connectivity index (χ4v) is 3.89. The third kappa shape index (κ3) is 2.89. The molecule has 0 spiro atoms. The normalized spacial score (nSPS) is 24.8. The first-order chi connectivity index (χ1) is 12.0. The molecule has 0 saturated carbocycles. The van der Waals surface area contributed by atoms with E-state index in [1.54, 1.807) is 13.8 Å². The summed E-state index contributed by atoms with van der Waals surface area (Å²) in [6, 6.07) is 4.23. The number of benzene rings is 1. The number of aromatic nitrogens is 1. The lowest BCUT2D eigenvalue weighted by molar-refractivity contribution is -0.275. The quantitative estimate of drug-likeness (QED) is 0.707. The zero-order chi connectivity index (χ0) is 19.3. The Kier molecular flexibility index (Phi) is 4.36. The lowest BCUT2D eigenvalue weighted by Gasteiger charge is -2.49. The van der Waals surface area contributed by atoms with E-state index in [9.17, 15) is 23.4 Å². The average Bonchev–Trinajstić information content (AvgIpc) is 2.53. The fraction of sp³-hybridized carbons (Fsp3) is 0.389. The predicted octanol–water partition coefficient (Wildman–Crippen LogP) is 4.57. The fourth-order valence-electron chi connectivity index (χ4n) is 3.73. The SMILES string of the molecule is CC1(C)CC(O)(C(F)(F)F)C(Nc2ccncc2)c2ccc(Cl)c(O)c21. The third-order valence-corrected chi connectivity index (χ3v) is 5.12. The average molecular weight is 387 g/mol. The molecule has 1 aromatic carbocycles. The molecule has 1 aromatic heterocycles. The van der Waals surface area contributed by atoms with Gasteiger partial charge in [-0.05, 0) is 35.6 Å². The number of halogens is 4. The molecule has 2 aromatic rings. The smallest absolute Gasteiger partial charge is 0.419 e. The van der Waals surface area contributed by atoms with Crippen molar-refractivity contribution in [2.24, 2.45) is 0 Å². The first-order valence-corrected chi connectivity index (χ1v) is 8.33. The largest absolute Gasteiger partial charge is 0.506 e. The maximum atomic E-state index is 13.9. The second-order valence-corrected chi connectivity index (χ2v) is 7.56. The second-order valence-electron chi connectivity index (χ2n) is 7.16. The molecule has 2 unspecified atom stereocenters. The van der Waals surface area contributed by atoms with E-state index >= 15 is 0 Å². The molecule has 1 aliphatic rings. The molecule has 1 heterocycles. The molecule has 8 heteroatoms. The van der Waals surface area contributed by atoms with Gasteiger partial charge in [-0.2, -0.15) is 13.2 Å². The van der Waals surface area contributed by atoms with Gasteiger partial charge in [0.1, 0.15) is 5.75 Å². The van der Waals surface area contributed by atoms with Crippen molar-refractivity contribution >= 4 is 17.3 Å². The zero-order valence-electron chi connectivity index (χ0n) is 14.1. The molecule has 2 atom stereocenters. The van der Waals surface area contributed by atoms with Gasteiger partial charge in [0.15, 0.2) is 5.60 Å². The summed E-state index contributed by atoms with van der Waals surface area (Å²) in [5.41, 5.74) is -3.36. The van der Waals surface area contributed by atoms with Crippen molar-refractivity contribution in [1.29, 1.82) is 0 Å². The maximum absolute atomic E-state index is 13.9. The van der Waals surface area contributed by atoms with Crippen molar-refractivity contribution in [2.45, 2.75) is 43.5 Å². The first kappa shape index (κ1) is 18.8. The van der Waals surface area contributed by atoms with Gasteiger partial charge in [0.05, 0.1) is 11.1 Å². The van der Waals surface area contributed by atoms with Gasteiger partial charge < -0.3 is 15.5 Å². The number of phenols is 1. The van der Waals surface area contributed by atoms with Crippen LogP contribution in [0.2, 0.25) is 5.02 Å². The van der Waals surface area contributed by atoms with E-state index in [-0.39, 0.29) is 16.3 Å². The Hall–Kier alpha value is -1.99. The summed E-state index contributed by atoms with van der Waals surface area (Å²) in [6.45, 7) is 3.09. The Labute approximate surface area is 153 Å². The molecular weight excluding hydrogens is 369 g/mol. The van der Waals surface area contributed by atoms with Crippen LogP contribution in [0.15, 0.2) is 36.7 Å². The molecular formula is C18H18ClF3N2O2. The molecule has 26 heavy (non-hydrogen) atoms. The van der Waals surface area contributed by atoms with Crippen molar-refractivity contribution in [3.8, 4) is 5.75 Å². The summed E-state index contributed by atoms with van der Waals surface area (Å²) in [6.07, 6.45) is -2.65. The number of phenolic OH excluding ortho intramolecular Hbond substituents is 1. The van der Waals surface area contributed by atoms with Gasteiger partial charge in [0.2, 0.25) is 0 Å². The highest BCUT2D eigenvalue weighted by Crippen LogP contribution is 2.56. The second kappa shape index (κ2) is 6.03. The van der Waals surface area contributed by atoms with Crippen LogP contribution in [0.5, 0.6) is 5.75 Å². The number of hydrogen-bond acceptors (Lipinski definition) is 4. The van der Waals surface area contributed by atoms with Crippen LogP contribution in [0.1, 0.15) is 37.4 Å². The summed E-state index contributed by atoms with van der Waals surface area (Å²) >= 11 is 5.98. The first-order valence-electron chi connectivity index (χ1n) is 7.95. The van der Waals surface area contributed by atoms with E-state index < -0.39 is 29.7 Å². The molecule has 0 fully saturated rings. The summed E-state index contributed by atoms with van der Waals surface area (Å²) in [7, 11) is 0. The highest BCUT2D eigenvalue weighted by Gasteiger charge is 2.64. The van der Waals surface area contributed by atoms with Crippen molar-refractivity contribution < 1.29 is 23.4 Å². The Morgan fingerprint density at radius 2 is 1.81 bits per heavy atom. The summed E-state index contributed by atoms with van der Waals surface area (Å²) in [5, 5.41) is 24.0. The number of nitrogens with zero attached hydrogens (tertiary/aromatic N) is 1. The van der Waals surface area contributed by atoms with Crippen LogP contribution < -0.4 is 5.32 Å². The van der Waals surface area contributed by atoms with Crippen molar-refractivity contribution in [2.75, 3.05) is 5.32 Å². The number of nitrogens with one attached hydrogen (secondary N) is 1. The number of fused-ring (bicyclic) bond motifs is 1. The number of pyridine rings is 1. The van der Waals surface area contributed by atoms with Gasteiger partial charge in [0, 0.05) is 23.6 Å². The predicted molar refractivity (Wildman–Crippen MR) is 92.4 cm³/mol. The van der Waals surface area contributed by atoms with Gasteiger partial charge in [-0.1, -0.05) is 31.5 Å². The van der Waals surface area contributed by atoms with Crippen LogP contribution in [-0.4, -0.2) is 27.0 Å². The molecule has 0 radical (unpaired) electrons. The van der Waals surface area contributed by atoms with Crippen LogP contribution >= 0.6 is 11.6 Å². The number of aromatic hydroxyl groups is 1. The highest BCUT2D eigenvalue weighted by molar-refractivity contribution is 6.32. The standard InChI is InChI=1S/C18H18ClF3N2O2/c1-16(2)9-17(26,18(20,21)22)15(24-10-5-7-23-8-6-10)11-3-4-12(19)14(25)13(11)16/h3-8,15,25-26H,9H2,1-2H3,(H,23,24). The molecule has 4 nitrogen and oxygen atoms in total. The van der Waals surface area contributed by atoms with Gasteiger partial charge in [-0.3, -0.25) is 4.98 Å². The van der Waals surface area contributed by atoms with E-state index in [0.29, 0.717) is 11.3 Å². The molecule has 3 N–H and O–H groups in total. The monoisotopic (exact) mass is 386 g/mol. The minimum absolute atomic E-state index is 0.0527. The van der Waals surface area contributed by atoms with Gasteiger partial charge in [-0.15, -0.1) is 0 Å². The third-order valence-electron chi connectivity index (χ3n) is 4.82. The lowest BCUT2D eigenvalue weighted by atomic mass is 9.63. The Morgan fingerprint density at radius 1 is 1.19 bits per heavy atom. The summed E-state index contributed by atoms with van der Waals surface area (Å²) in [4.78, 5) is 3.83. The number of rotatable bonds is 2. The van der Waals surface area contributed by atoms with Gasteiger partial charge in [0.25, 0.3) is 0 Å². The highest BCUT2D eigenvalue weighted by atomic mass is 35.5. The Balaban J connectivity index is 2.24. The van der Waals surface area contributed by atoms with E-state index in [4.69, 9.17) is 11.6 Å². The van der Waals surface area contributed by atoms with Crippen molar-refractivity contribution in [3.63, 3.8) is 0 Å². The zero-order valence-corrected chi connectivity index (χ0v) is 14.9. The Morgan fingerprint density at radius 3 is 2.38 bits per heavy atom. The van der Waals surface area contributed by atoms with E-state index in [1.807, 2.05) is 0 Å². The molecule has 3 rings (SSSR count). The van der Waals surface area contributed by atoms with Gasteiger partial charge in [-0.25, -0.2) is 0 Å². The summed E-state index contributed by atoms with van der Waals surface area (Å²) < 4.78 is 41.7. The van der Waals surface area contributed by atoms with E-state index in [0.717, 1.165) is 0 Å². The van der Waals surface area contributed by atoms with Crippen molar-refractivity contribution in [3.05, 3.63) is 52.8 Å². The van der Waals surface area contributed by atoms with Crippen LogP contribution in [-0.2, 0) is 5.41 Å². The number of hydrogen-bond donors (Lipinski definition) is 3. The molecule has 0 saturated heterocycles. The summed E-state index contributed by atoms with van der Waals surface area (Å²) in [5.74, 6) is -0.264. The topological polar surface area (TPSA) is 65.4 Å². The van der Waals surface area contributed by atoms with E-state index in [2.05, 4.69) is 10.3 Å². The van der Waals surface area contributed by atoms with Gasteiger partial charge >= 0.3 is 6.18 Å². The minimum atomic E-state index is -4.89. The maximum Gasteiger partial charge on any atom is 0.419 e. The van der Waals surface area contributed by atoms with Crippen molar-refractivity contribution in [1.82, 2.24) is 4.98 Å². The number of aliphatic hydroxyl groups is 1. The molecule has 0 bridgehead atoms.